The molecular formula is C5H2FN3O. The van der Waals surface area contributed by atoms with Crippen LogP contribution in [0, 0.1) is 11.3 Å². The average Bonchev–Trinajstić information content (AvgIpc) is 1.94. The lowest BCUT2D eigenvalue weighted by molar-refractivity contribution is -0.117. The van der Waals surface area contributed by atoms with E-state index >= 15 is 0 Å². The van der Waals surface area contributed by atoms with E-state index in [0.717, 1.165) is 0 Å². The summed E-state index contributed by atoms with van der Waals surface area (Å²) in [4.78, 5) is 16.6. The first-order chi connectivity index (χ1) is 4.74. The van der Waals surface area contributed by atoms with Gasteiger partial charge in [-0.1, -0.05) is 0 Å². The highest BCUT2D eigenvalue weighted by molar-refractivity contribution is 6.29. The molecule has 0 aromatic heterocycles. The highest BCUT2D eigenvalue weighted by Crippen LogP contribution is 1.99. The molecule has 1 unspecified atom stereocenters. The maximum absolute atomic E-state index is 12.1. The summed E-state index contributed by atoms with van der Waals surface area (Å²) in [5.74, 6) is -1.60. The van der Waals surface area contributed by atoms with E-state index in [1.807, 2.05) is 0 Å². The molecule has 1 rings (SSSR count). The van der Waals surface area contributed by atoms with E-state index in [4.69, 9.17) is 5.26 Å². The van der Waals surface area contributed by atoms with Crippen molar-refractivity contribution in [3.63, 3.8) is 0 Å². The van der Waals surface area contributed by atoms with Gasteiger partial charge in [0.15, 0.2) is 0 Å². The molecule has 1 heterocycles. The van der Waals surface area contributed by atoms with Crippen LogP contribution >= 0.6 is 0 Å². The molecule has 10 heavy (non-hydrogen) atoms. The first kappa shape index (κ1) is 6.55. The summed E-state index contributed by atoms with van der Waals surface area (Å²) in [5.41, 5.74) is 0. The predicted molar refractivity (Wildman–Crippen MR) is 31.4 cm³/mol. The van der Waals surface area contributed by atoms with Crippen LogP contribution in [0.1, 0.15) is 0 Å². The molecule has 5 heteroatoms. The zero-order valence-electron chi connectivity index (χ0n) is 4.78. The molecule has 0 spiro atoms. The third kappa shape index (κ3) is 1.05. The van der Waals surface area contributed by atoms with Crippen LogP contribution in [0.25, 0.3) is 0 Å². The minimum absolute atomic E-state index is 0.691. The normalized spacial score (nSPS) is 23.8. The van der Waals surface area contributed by atoms with Gasteiger partial charge in [-0.05, 0) is 0 Å². The Kier molecular flexibility index (Phi) is 1.54. The van der Waals surface area contributed by atoms with Crippen LogP contribution in [0.3, 0.4) is 0 Å². The lowest BCUT2D eigenvalue weighted by Crippen LogP contribution is -2.20. The summed E-state index contributed by atoms with van der Waals surface area (Å²) in [6.07, 6.45) is 0.691. The van der Waals surface area contributed by atoms with Crippen molar-refractivity contribution in [2.45, 2.75) is 6.04 Å². The molecule has 0 fully saturated rings. The number of amides is 1. The van der Waals surface area contributed by atoms with Crippen LogP contribution in [0.15, 0.2) is 9.98 Å². The number of aliphatic imine (C=N–C) groups is 2. The van der Waals surface area contributed by atoms with Gasteiger partial charge in [0, 0.05) is 0 Å². The van der Waals surface area contributed by atoms with Crippen molar-refractivity contribution >= 4 is 18.1 Å². The van der Waals surface area contributed by atoms with E-state index in [2.05, 4.69) is 9.98 Å². The van der Waals surface area contributed by atoms with Crippen LogP contribution in [0.2, 0.25) is 0 Å². The molecule has 4 nitrogen and oxygen atoms in total. The van der Waals surface area contributed by atoms with Gasteiger partial charge in [-0.15, -0.1) is 0 Å². The minimum atomic E-state index is -1.29. The van der Waals surface area contributed by atoms with Crippen LogP contribution in [-0.2, 0) is 4.79 Å². The van der Waals surface area contributed by atoms with Gasteiger partial charge in [0.25, 0.3) is 5.91 Å². The van der Waals surface area contributed by atoms with Crippen molar-refractivity contribution in [3.8, 4) is 6.07 Å². The quantitative estimate of drug-likeness (QED) is 0.468. The van der Waals surface area contributed by atoms with E-state index < -0.39 is 17.9 Å². The van der Waals surface area contributed by atoms with Crippen LogP contribution in [-0.4, -0.2) is 24.1 Å². The number of hydrogen-bond donors (Lipinski definition) is 0. The molecule has 1 aliphatic heterocycles. The predicted octanol–water partition coefficient (Wildman–Crippen LogP) is -0.142. The number of nitrogens with zero attached hydrogens (tertiary/aromatic N) is 3. The lowest BCUT2D eigenvalue weighted by atomic mass is 10.3. The van der Waals surface area contributed by atoms with Crippen LogP contribution in [0.4, 0.5) is 4.39 Å². The molecule has 1 aliphatic rings. The fourth-order valence-corrected chi connectivity index (χ4v) is 0.483. The molecule has 0 saturated heterocycles. The van der Waals surface area contributed by atoms with Crippen molar-refractivity contribution < 1.29 is 9.18 Å². The summed E-state index contributed by atoms with van der Waals surface area (Å²) in [6.45, 7) is 0. The molecule has 0 bridgehead atoms. The van der Waals surface area contributed by atoms with Gasteiger partial charge >= 0.3 is 0 Å². The number of rotatable bonds is 0. The standard InChI is InChI=1S/C5H2FN3O/c6-4-2-8-5(10)3(1-7)9-4/h2-3H. The van der Waals surface area contributed by atoms with Crippen molar-refractivity contribution in [2.75, 3.05) is 0 Å². The fourth-order valence-electron chi connectivity index (χ4n) is 0.483. The van der Waals surface area contributed by atoms with Crippen molar-refractivity contribution in [2.24, 2.45) is 9.98 Å². The largest absolute Gasteiger partial charge is 0.285 e. The number of nitriles is 1. The molecule has 1 amide bonds. The number of halogens is 1. The van der Waals surface area contributed by atoms with E-state index in [-0.39, 0.29) is 0 Å². The van der Waals surface area contributed by atoms with Crippen molar-refractivity contribution in [1.29, 1.82) is 5.26 Å². The van der Waals surface area contributed by atoms with Crippen molar-refractivity contribution in [3.05, 3.63) is 0 Å². The Morgan fingerprint density at radius 3 is 3.00 bits per heavy atom. The molecule has 0 radical (unpaired) electrons. The van der Waals surface area contributed by atoms with Gasteiger partial charge in [0.1, 0.15) is 0 Å². The smallest absolute Gasteiger partial charge is 0.269 e. The first-order valence-electron chi connectivity index (χ1n) is 2.45. The molecule has 0 N–H and O–H groups in total. The Bertz CT molecular complexity index is 263. The van der Waals surface area contributed by atoms with Gasteiger partial charge < -0.3 is 0 Å². The average molecular weight is 139 g/mol. The second-order valence-corrected chi connectivity index (χ2v) is 1.58. The highest BCUT2D eigenvalue weighted by atomic mass is 19.1. The van der Waals surface area contributed by atoms with Crippen molar-refractivity contribution in [1.82, 2.24) is 0 Å². The van der Waals surface area contributed by atoms with Gasteiger partial charge in [-0.3, -0.25) is 4.79 Å². The van der Waals surface area contributed by atoms with E-state index in [1.54, 1.807) is 0 Å². The number of carbonyl (C=O) groups excluding carboxylic acids is 1. The Hall–Kier alpha value is -1.57. The van der Waals surface area contributed by atoms with Gasteiger partial charge in [-0.2, -0.15) is 9.65 Å². The zero-order chi connectivity index (χ0) is 7.56. The fraction of sp³-hybridized carbons (Fsp3) is 0.200. The minimum Gasteiger partial charge on any atom is -0.269 e. The second-order valence-electron chi connectivity index (χ2n) is 1.58. The summed E-state index contributed by atoms with van der Waals surface area (Å²) >= 11 is 0. The summed E-state index contributed by atoms with van der Waals surface area (Å²) in [6, 6.07) is 0.206. The molecular weight excluding hydrogens is 137 g/mol. The molecule has 0 aromatic rings. The van der Waals surface area contributed by atoms with Crippen LogP contribution < -0.4 is 0 Å². The summed E-state index contributed by atoms with van der Waals surface area (Å²) < 4.78 is 12.1. The Morgan fingerprint density at radius 1 is 1.80 bits per heavy atom. The van der Waals surface area contributed by atoms with E-state index in [1.165, 1.54) is 6.07 Å². The summed E-state index contributed by atoms with van der Waals surface area (Å²) in [5, 5.41) is 8.16. The third-order valence-electron chi connectivity index (χ3n) is 0.907. The van der Waals surface area contributed by atoms with Gasteiger partial charge in [0.2, 0.25) is 12.0 Å². The molecule has 0 aliphatic carbocycles. The summed E-state index contributed by atoms with van der Waals surface area (Å²) in [7, 11) is 0. The van der Waals surface area contributed by atoms with Crippen LogP contribution in [0.5, 0.6) is 0 Å². The SMILES string of the molecule is N#CC1N=C(F)C=NC1=O. The maximum Gasteiger partial charge on any atom is 0.285 e. The Morgan fingerprint density at radius 2 is 2.50 bits per heavy atom. The van der Waals surface area contributed by atoms with E-state index in [0.29, 0.717) is 6.21 Å². The second kappa shape index (κ2) is 2.35. The lowest BCUT2D eigenvalue weighted by Gasteiger charge is -2.00. The number of carbonyl (C=O) groups is 1. The monoisotopic (exact) mass is 139 g/mol. The third-order valence-corrected chi connectivity index (χ3v) is 0.907. The van der Waals surface area contributed by atoms with Gasteiger partial charge in [-0.25, -0.2) is 9.98 Å². The number of hydrogen-bond acceptors (Lipinski definition) is 3. The zero-order valence-corrected chi connectivity index (χ0v) is 4.78. The Labute approximate surface area is 55.7 Å². The topological polar surface area (TPSA) is 65.6 Å². The van der Waals surface area contributed by atoms with Gasteiger partial charge in [0.05, 0.1) is 12.3 Å². The maximum atomic E-state index is 12.1. The Balaban J connectivity index is 2.90. The molecule has 50 valence electrons. The molecule has 1 atom stereocenters. The molecule has 0 aromatic carbocycles. The van der Waals surface area contributed by atoms with E-state index in [9.17, 15) is 9.18 Å². The highest BCUT2D eigenvalue weighted by Gasteiger charge is 2.19. The molecule has 0 saturated carbocycles. The first-order valence-corrected chi connectivity index (χ1v) is 2.45.